The number of benzene rings is 2. The fourth-order valence-corrected chi connectivity index (χ4v) is 3.28. The number of nitrogens with one attached hydrogen (secondary N) is 2. The zero-order valence-electron chi connectivity index (χ0n) is 16.2. The van der Waals surface area contributed by atoms with Gasteiger partial charge < -0.3 is 15.4 Å². The smallest absolute Gasteiger partial charge is 0.255 e. The van der Waals surface area contributed by atoms with Gasteiger partial charge in [0.15, 0.2) is 9.84 Å². The zero-order valence-corrected chi connectivity index (χ0v) is 17.0. The lowest BCUT2D eigenvalue weighted by Crippen LogP contribution is -2.47. The highest BCUT2D eigenvalue weighted by Crippen LogP contribution is 2.19. The summed E-state index contributed by atoms with van der Waals surface area (Å²) in [5, 5.41) is 5.40. The molecule has 0 saturated carbocycles. The van der Waals surface area contributed by atoms with E-state index in [-0.39, 0.29) is 10.8 Å². The van der Waals surface area contributed by atoms with E-state index in [9.17, 15) is 18.0 Å². The van der Waals surface area contributed by atoms with E-state index in [0.717, 1.165) is 6.26 Å². The molecule has 0 radical (unpaired) electrons. The molecule has 1 atom stereocenters. The van der Waals surface area contributed by atoms with Gasteiger partial charge in [-0.2, -0.15) is 0 Å². The van der Waals surface area contributed by atoms with Crippen LogP contribution >= 0.6 is 0 Å². The molecule has 2 aromatic carbocycles. The number of hydrogen-bond acceptors (Lipinski definition) is 5. The highest BCUT2D eigenvalue weighted by Gasteiger charge is 2.26. The van der Waals surface area contributed by atoms with Crippen LogP contribution in [0.25, 0.3) is 0 Å². The molecule has 0 unspecified atom stereocenters. The lowest BCUT2D eigenvalue weighted by atomic mass is 10.0. The molecule has 0 bridgehead atoms. The highest BCUT2D eigenvalue weighted by molar-refractivity contribution is 7.90. The van der Waals surface area contributed by atoms with Crippen molar-refractivity contribution >= 4 is 27.3 Å². The van der Waals surface area contributed by atoms with Crippen molar-refractivity contribution in [2.24, 2.45) is 5.92 Å². The standard InChI is InChI=1S/C20H24N2O5S/c1-13(2)18(22-19(23)16-10-5-6-11-17(16)27-3)20(24)21-14-8-7-9-15(12-14)28(4,25)26/h5-13,18H,1-4H3,(H,21,24)(H,22,23)/t18-/m0/s1. The topological polar surface area (TPSA) is 102 Å². The Kier molecular flexibility index (Phi) is 6.80. The van der Waals surface area contributed by atoms with Crippen LogP contribution in [-0.2, 0) is 14.6 Å². The molecule has 2 aromatic rings. The third-order valence-electron chi connectivity index (χ3n) is 4.12. The molecule has 0 saturated heterocycles. The number of carbonyl (C=O) groups excluding carboxylic acids is 2. The van der Waals surface area contributed by atoms with Gasteiger partial charge in [-0.1, -0.05) is 32.0 Å². The van der Waals surface area contributed by atoms with Crippen LogP contribution < -0.4 is 15.4 Å². The Balaban J connectivity index is 2.20. The molecule has 0 aliphatic heterocycles. The second-order valence-electron chi connectivity index (χ2n) is 6.68. The minimum absolute atomic E-state index is 0.101. The van der Waals surface area contributed by atoms with Crippen LogP contribution in [-0.4, -0.2) is 39.6 Å². The molecule has 0 spiro atoms. The molecule has 28 heavy (non-hydrogen) atoms. The number of para-hydroxylation sites is 1. The molecule has 0 fully saturated rings. The van der Waals surface area contributed by atoms with Crippen molar-refractivity contribution in [2.45, 2.75) is 24.8 Å². The van der Waals surface area contributed by atoms with Gasteiger partial charge in [0.2, 0.25) is 5.91 Å². The van der Waals surface area contributed by atoms with E-state index in [0.29, 0.717) is 17.0 Å². The highest BCUT2D eigenvalue weighted by atomic mass is 32.2. The van der Waals surface area contributed by atoms with Crippen molar-refractivity contribution in [3.05, 3.63) is 54.1 Å². The number of sulfone groups is 1. The van der Waals surface area contributed by atoms with Gasteiger partial charge >= 0.3 is 0 Å². The normalized spacial score (nSPS) is 12.3. The van der Waals surface area contributed by atoms with Crippen LogP contribution in [0.15, 0.2) is 53.4 Å². The second kappa shape index (κ2) is 8.88. The van der Waals surface area contributed by atoms with Crippen LogP contribution in [0.5, 0.6) is 5.75 Å². The molecule has 0 heterocycles. The Morgan fingerprint density at radius 2 is 1.71 bits per heavy atom. The molecule has 150 valence electrons. The van der Waals surface area contributed by atoms with E-state index in [2.05, 4.69) is 10.6 Å². The van der Waals surface area contributed by atoms with Crippen LogP contribution in [0.2, 0.25) is 0 Å². The maximum absolute atomic E-state index is 12.7. The fraction of sp³-hybridized carbons (Fsp3) is 0.300. The van der Waals surface area contributed by atoms with E-state index >= 15 is 0 Å². The summed E-state index contributed by atoms with van der Waals surface area (Å²) in [5.41, 5.74) is 0.660. The molecule has 0 aliphatic carbocycles. The van der Waals surface area contributed by atoms with E-state index < -0.39 is 27.7 Å². The molecule has 2 amide bonds. The van der Waals surface area contributed by atoms with Crippen LogP contribution in [0, 0.1) is 5.92 Å². The number of amides is 2. The fourth-order valence-electron chi connectivity index (χ4n) is 2.61. The van der Waals surface area contributed by atoms with Crippen molar-refractivity contribution < 1.29 is 22.7 Å². The molecule has 0 aromatic heterocycles. The average Bonchev–Trinajstić information content (AvgIpc) is 2.65. The predicted molar refractivity (Wildman–Crippen MR) is 107 cm³/mol. The molecule has 7 nitrogen and oxygen atoms in total. The van der Waals surface area contributed by atoms with Gasteiger partial charge in [-0.05, 0) is 36.2 Å². The van der Waals surface area contributed by atoms with Crippen molar-refractivity contribution in [3.63, 3.8) is 0 Å². The van der Waals surface area contributed by atoms with Crippen molar-refractivity contribution in [3.8, 4) is 5.75 Å². The quantitative estimate of drug-likeness (QED) is 0.738. The number of hydrogen-bond donors (Lipinski definition) is 2. The molecule has 2 N–H and O–H groups in total. The first kappa shape index (κ1) is 21.4. The molecular weight excluding hydrogens is 380 g/mol. The van der Waals surface area contributed by atoms with E-state index in [1.165, 1.54) is 19.2 Å². The maximum Gasteiger partial charge on any atom is 0.255 e. The van der Waals surface area contributed by atoms with Crippen LogP contribution in [0.1, 0.15) is 24.2 Å². The van der Waals surface area contributed by atoms with Gasteiger partial charge in [-0.3, -0.25) is 9.59 Å². The zero-order chi connectivity index (χ0) is 20.9. The Hall–Kier alpha value is -2.87. The third-order valence-corrected chi connectivity index (χ3v) is 5.23. The summed E-state index contributed by atoms with van der Waals surface area (Å²) < 4.78 is 28.6. The van der Waals surface area contributed by atoms with Crippen molar-refractivity contribution in [2.75, 3.05) is 18.7 Å². The summed E-state index contributed by atoms with van der Waals surface area (Å²) >= 11 is 0. The Morgan fingerprint density at radius 1 is 1.04 bits per heavy atom. The SMILES string of the molecule is COc1ccccc1C(=O)N[C@H](C(=O)Nc1cccc(S(C)(=O)=O)c1)C(C)C. The lowest BCUT2D eigenvalue weighted by Gasteiger charge is -2.22. The number of methoxy groups -OCH3 is 1. The Bertz CT molecular complexity index is 970. The number of rotatable bonds is 7. The number of ether oxygens (including phenoxy) is 1. The molecule has 8 heteroatoms. The summed E-state index contributed by atoms with van der Waals surface area (Å²) in [4.78, 5) is 25.5. The van der Waals surface area contributed by atoms with Crippen molar-refractivity contribution in [1.82, 2.24) is 5.32 Å². The first-order chi connectivity index (χ1) is 13.1. The lowest BCUT2D eigenvalue weighted by molar-refractivity contribution is -0.118. The van der Waals surface area contributed by atoms with Gasteiger partial charge in [0, 0.05) is 11.9 Å². The first-order valence-electron chi connectivity index (χ1n) is 8.68. The minimum Gasteiger partial charge on any atom is -0.496 e. The summed E-state index contributed by atoms with van der Waals surface area (Å²) in [6.45, 7) is 3.61. The number of carbonyl (C=O) groups is 2. The largest absolute Gasteiger partial charge is 0.496 e. The van der Waals surface area contributed by atoms with Gasteiger partial charge in [0.25, 0.3) is 5.91 Å². The molecular formula is C20H24N2O5S. The summed E-state index contributed by atoms with van der Waals surface area (Å²) in [6, 6.07) is 11.9. The molecule has 2 rings (SSSR count). The first-order valence-corrected chi connectivity index (χ1v) is 10.6. The maximum atomic E-state index is 12.7. The second-order valence-corrected chi connectivity index (χ2v) is 8.70. The summed E-state index contributed by atoms with van der Waals surface area (Å²) in [5.74, 6) is -0.666. The Labute approximate surface area is 165 Å². The van der Waals surface area contributed by atoms with E-state index in [4.69, 9.17) is 4.74 Å². The summed E-state index contributed by atoms with van der Waals surface area (Å²) in [6.07, 6.45) is 1.10. The van der Waals surface area contributed by atoms with E-state index in [1.807, 2.05) is 0 Å². The third kappa shape index (κ3) is 5.32. The monoisotopic (exact) mass is 404 g/mol. The van der Waals surface area contributed by atoms with Gasteiger partial charge in [0.1, 0.15) is 11.8 Å². The van der Waals surface area contributed by atoms with Gasteiger partial charge in [0.05, 0.1) is 17.6 Å². The number of anilines is 1. The molecule has 0 aliphatic rings. The van der Waals surface area contributed by atoms with Crippen LogP contribution in [0.4, 0.5) is 5.69 Å². The van der Waals surface area contributed by atoms with Gasteiger partial charge in [-0.15, -0.1) is 0 Å². The van der Waals surface area contributed by atoms with Crippen molar-refractivity contribution in [1.29, 1.82) is 0 Å². The Morgan fingerprint density at radius 3 is 2.32 bits per heavy atom. The van der Waals surface area contributed by atoms with Gasteiger partial charge in [-0.25, -0.2) is 8.42 Å². The minimum atomic E-state index is -3.40. The predicted octanol–water partition coefficient (Wildman–Crippen LogP) is 2.49. The average molecular weight is 404 g/mol. The van der Waals surface area contributed by atoms with E-state index in [1.54, 1.807) is 50.2 Å². The summed E-state index contributed by atoms with van der Waals surface area (Å²) in [7, 11) is -1.93. The van der Waals surface area contributed by atoms with Crippen LogP contribution in [0.3, 0.4) is 0 Å².